The van der Waals surface area contributed by atoms with Crippen LogP contribution in [0.4, 0.5) is 0 Å². The maximum Gasteiger partial charge on any atom is 0.258 e. The first kappa shape index (κ1) is 12.0. The Morgan fingerprint density at radius 2 is 1.81 bits per heavy atom. The summed E-state index contributed by atoms with van der Waals surface area (Å²) in [5.41, 5.74) is 0.692. The fraction of sp³-hybridized carbons (Fsp3) is 0.167. The van der Waals surface area contributed by atoms with Gasteiger partial charge in [-0.05, 0) is 31.2 Å². The Bertz CT molecular complexity index is 420. The Morgan fingerprint density at radius 1 is 1.25 bits per heavy atom. The molecule has 0 fully saturated rings. The van der Waals surface area contributed by atoms with E-state index in [0.29, 0.717) is 16.9 Å². The number of nitrogens with one attached hydrogen (secondary N) is 1. The van der Waals surface area contributed by atoms with Gasteiger partial charge >= 0.3 is 0 Å². The van der Waals surface area contributed by atoms with Gasteiger partial charge in [0.1, 0.15) is 5.75 Å². The van der Waals surface area contributed by atoms with Gasteiger partial charge in [0.15, 0.2) is 0 Å². The minimum Gasteiger partial charge on any atom is -0.497 e. The van der Waals surface area contributed by atoms with Crippen LogP contribution in [0, 0.1) is 0 Å². The van der Waals surface area contributed by atoms with Gasteiger partial charge in [-0.3, -0.25) is 14.9 Å². The van der Waals surface area contributed by atoms with E-state index in [1.807, 2.05) is 0 Å². The molecule has 16 heavy (non-hydrogen) atoms. The van der Waals surface area contributed by atoms with Crippen LogP contribution >= 0.6 is 0 Å². The summed E-state index contributed by atoms with van der Waals surface area (Å²) < 4.78 is 4.96. The molecule has 0 aromatic heterocycles. The molecule has 0 bridgehead atoms. The van der Waals surface area contributed by atoms with Gasteiger partial charge in [-0.15, -0.1) is 0 Å². The van der Waals surface area contributed by atoms with E-state index in [9.17, 15) is 9.59 Å². The Kier molecular flexibility index (Phi) is 3.83. The van der Waals surface area contributed by atoms with E-state index in [0.717, 1.165) is 0 Å². The van der Waals surface area contributed by atoms with Crippen LogP contribution in [0.25, 0.3) is 0 Å². The van der Waals surface area contributed by atoms with E-state index in [1.54, 1.807) is 31.4 Å². The lowest BCUT2D eigenvalue weighted by Crippen LogP contribution is -2.30. The molecule has 0 aliphatic rings. The highest BCUT2D eigenvalue weighted by atomic mass is 16.5. The number of hydrogen-bond acceptors (Lipinski definition) is 3. The third-order valence-electron chi connectivity index (χ3n) is 1.97. The van der Waals surface area contributed by atoms with Crippen molar-refractivity contribution in [1.29, 1.82) is 0 Å². The van der Waals surface area contributed by atoms with E-state index in [4.69, 9.17) is 4.74 Å². The number of amides is 2. The highest BCUT2D eigenvalue weighted by Crippen LogP contribution is 2.11. The number of ether oxygens (including phenoxy) is 1. The number of hydrogen-bond donors (Lipinski definition) is 1. The molecule has 1 aromatic rings. The fourth-order valence-electron chi connectivity index (χ4n) is 1.02. The predicted octanol–water partition coefficient (Wildman–Crippen LogP) is 1.53. The molecule has 0 spiro atoms. The average Bonchev–Trinajstić information content (AvgIpc) is 2.28. The zero-order chi connectivity index (χ0) is 12.1. The van der Waals surface area contributed by atoms with Crippen LogP contribution in [0.3, 0.4) is 0 Å². The van der Waals surface area contributed by atoms with Crippen molar-refractivity contribution in [2.75, 3.05) is 7.11 Å². The van der Waals surface area contributed by atoms with Gasteiger partial charge in [-0.25, -0.2) is 0 Å². The summed E-state index contributed by atoms with van der Waals surface area (Å²) >= 11 is 0. The molecule has 0 saturated carbocycles. The van der Waals surface area contributed by atoms with Crippen LogP contribution in [0.5, 0.6) is 5.75 Å². The normalized spacial score (nSPS) is 9.38. The summed E-state index contributed by atoms with van der Waals surface area (Å²) in [6.45, 7) is 4.98. The van der Waals surface area contributed by atoms with Crippen molar-refractivity contribution in [2.24, 2.45) is 0 Å². The highest BCUT2D eigenvalue weighted by molar-refractivity contribution is 6.09. The monoisotopic (exact) mass is 219 g/mol. The van der Waals surface area contributed by atoms with Crippen LogP contribution < -0.4 is 10.1 Å². The summed E-state index contributed by atoms with van der Waals surface area (Å²) in [5, 5.41) is 2.21. The predicted molar refractivity (Wildman–Crippen MR) is 60.3 cm³/mol. The number of carbonyl (C=O) groups excluding carboxylic acids is 2. The Balaban J connectivity index is 2.73. The fourth-order valence-corrected chi connectivity index (χ4v) is 1.02. The van der Waals surface area contributed by atoms with Gasteiger partial charge in [0.2, 0.25) is 0 Å². The summed E-state index contributed by atoms with van der Waals surface area (Å²) in [6, 6.07) is 6.47. The average molecular weight is 219 g/mol. The third kappa shape index (κ3) is 2.95. The SMILES string of the molecule is C=C(C)C(=O)NC(=O)c1ccc(OC)cc1. The van der Waals surface area contributed by atoms with Crippen molar-refractivity contribution < 1.29 is 14.3 Å². The van der Waals surface area contributed by atoms with Crippen LogP contribution in [0.1, 0.15) is 17.3 Å². The highest BCUT2D eigenvalue weighted by Gasteiger charge is 2.10. The molecule has 4 heteroatoms. The molecule has 0 unspecified atom stereocenters. The van der Waals surface area contributed by atoms with Crippen LogP contribution in [-0.2, 0) is 4.79 Å². The molecule has 4 nitrogen and oxygen atoms in total. The van der Waals surface area contributed by atoms with Crippen LogP contribution in [0.15, 0.2) is 36.4 Å². The van der Waals surface area contributed by atoms with Gasteiger partial charge in [0.05, 0.1) is 7.11 Å². The van der Waals surface area contributed by atoms with Crippen molar-refractivity contribution in [1.82, 2.24) is 5.32 Å². The van der Waals surface area contributed by atoms with Gasteiger partial charge in [0.25, 0.3) is 11.8 Å². The molecule has 1 aromatic carbocycles. The van der Waals surface area contributed by atoms with E-state index in [2.05, 4.69) is 11.9 Å². The molecule has 0 saturated heterocycles. The Labute approximate surface area is 93.9 Å². The van der Waals surface area contributed by atoms with Gasteiger partial charge < -0.3 is 4.74 Å². The first-order valence-electron chi connectivity index (χ1n) is 4.70. The molecule has 0 radical (unpaired) electrons. The minimum absolute atomic E-state index is 0.293. The molecule has 1 rings (SSSR count). The van der Waals surface area contributed by atoms with Crippen molar-refractivity contribution in [3.05, 3.63) is 42.0 Å². The topological polar surface area (TPSA) is 55.4 Å². The van der Waals surface area contributed by atoms with Crippen molar-refractivity contribution in [3.8, 4) is 5.75 Å². The molecule has 84 valence electrons. The molecule has 0 atom stereocenters. The molecule has 1 N–H and O–H groups in total. The van der Waals surface area contributed by atoms with E-state index < -0.39 is 11.8 Å². The summed E-state index contributed by atoms with van der Waals surface area (Å²) in [7, 11) is 1.54. The maximum absolute atomic E-state index is 11.5. The molecular formula is C12H13NO3. The van der Waals surface area contributed by atoms with E-state index in [-0.39, 0.29) is 0 Å². The number of rotatable bonds is 3. The first-order chi connectivity index (χ1) is 7.54. The summed E-state index contributed by atoms with van der Waals surface area (Å²) in [6.07, 6.45) is 0. The Hall–Kier alpha value is -2.10. The summed E-state index contributed by atoms with van der Waals surface area (Å²) in [5.74, 6) is -0.265. The number of imide groups is 1. The van der Waals surface area contributed by atoms with Crippen LogP contribution in [-0.4, -0.2) is 18.9 Å². The van der Waals surface area contributed by atoms with Crippen LogP contribution in [0.2, 0.25) is 0 Å². The van der Waals surface area contributed by atoms with Crippen molar-refractivity contribution in [3.63, 3.8) is 0 Å². The standard InChI is InChI=1S/C12H13NO3/c1-8(2)11(14)13-12(15)9-4-6-10(16-3)7-5-9/h4-7H,1H2,2-3H3,(H,13,14,15). The summed E-state index contributed by atoms with van der Waals surface area (Å²) in [4.78, 5) is 22.7. The maximum atomic E-state index is 11.5. The molecule has 0 heterocycles. The second-order valence-electron chi connectivity index (χ2n) is 3.29. The zero-order valence-electron chi connectivity index (χ0n) is 9.24. The third-order valence-corrected chi connectivity index (χ3v) is 1.97. The number of benzene rings is 1. The number of methoxy groups -OCH3 is 1. The lowest BCUT2D eigenvalue weighted by Gasteiger charge is -2.04. The largest absolute Gasteiger partial charge is 0.497 e. The minimum atomic E-state index is -0.471. The zero-order valence-corrected chi connectivity index (χ0v) is 9.24. The van der Waals surface area contributed by atoms with E-state index in [1.165, 1.54) is 6.92 Å². The van der Waals surface area contributed by atoms with Gasteiger partial charge in [-0.2, -0.15) is 0 Å². The van der Waals surface area contributed by atoms with Gasteiger partial charge in [-0.1, -0.05) is 6.58 Å². The van der Waals surface area contributed by atoms with Crippen molar-refractivity contribution in [2.45, 2.75) is 6.92 Å². The second kappa shape index (κ2) is 5.11. The first-order valence-corrected chi connectivity index (χ1v) is 4.70. The lowest BCUT2D eigenvalue weighted by atomic mass is 10.2. The van der Waals surface area contributed by atoms with Gasteiger partial charge in [0, 0.05) is 11.1 Å². The second-order valence-corrected chi connectivity index (χ2v) is 3.29. The quantitative estimate of drug-likeness (QED) is 0.784. The smallest absolute Gasteiger partial charge is 0.258 e. The molecule has 2 amide bonds. The van der Waals surface area contributed by atoms with E-state index >= 15 is 0 Å². The molecule has 0 aliphatic carbocycles. The Morgan fingerprint density at radius 3 is 2.25 bits per heavy atom. The molecular weight excluding hydrogens is 206 g/mol. The van der Waals surface area contributed by atoms with Crippen molar-refractivity contribution >= 4 is 11.8 Å². The lowest BCUT2D eigenvalue weighted by molar-refractivity contribution is -0.116. The number of carbonyl (C=O) groups is 2. The molecule has 0 aliphatic heterocycles.